The minimum atomic E-state index is -3.73. The van der Waals surface area contributed by atoms with Crippen molar-refractivity contribution in [1.82, 2.24) is 4.31 Å². The molecule has 2 aliphatic heterocycles. The van der Waals surface area contributed by atoms with E-state index in [1.807, 2.05) is 12.1 Å². The number of aryl methyl sites for hydroxylation is 1. The maximum absolute atomic E-state index is 11.9. The second-order valence-electron chi connectivity index (χ2n) is 12.7. The van der Waals surface area contributed by atoms with Crippen molar-refractivity contribution in [1.29, 1.82) is 0 Å². The average molecular weight is 630 g/mol. The quantitative estimate of drug-likeness (QED) is 0.366. The number of ether oxygens (including phenoxy) is 1. The zero-order chi connectivity index (χ0) is 30.4. The van der Waals surface area contributed by atoms with Crippen LogP contribution in [0.2, 0.25) is 5.02 Å². The maximum Gasteiger partial charge on any atom is 0.335 e. The highest BCUT2D eigenvalue weighted by Crippen LogP contribution is 2.46. The molecule has 2 aromatic carbocycles. The highest BCUT2D eigenvalue weighted by molar-refractivity contribution is 7.86. The second-order valence-corrected chi connectivity index (χ2v) is 14.6. The summed E-state index contributed by atoms with van der Waals surface area (Å²) in [6.07, 6.45) is 9.89. The molecular weight excluding hydrogens is 590 g/mol. The van der Waals surface area contributed by atoms with Gasteiger partial charge in [-0.25, -0.2) is 9.93 Å². The summed E-state index contributed by atoms with van der Waals surface area (Å²) in [6.45, 7) is 2.28. The first kappa shape index (κ1) is 30.4. The van der Waals surface area contributed by atoms with Crippen LogP contribution in [0.4, 0.5) is 5.69 Å². The summed E-state index contributed by atoms with van der Waals surface area (Å²) < 4.78 is 31.6. The van der Waals surface area contributed by atoms with Gasteiger partial charge in [-0.2, -0.15) is 12.7 Å². The molecule has 232 valence electrons. The minimum absolute atomic E-state index is 0.0536. The lowest BCUT2D eigenvalue weighted by molar-refractivity contribution is 0.0455. The number of nitrogens with two attached hydrogens (primary N) is 1. The zero-order valence-corrected chi connectivity index (χ0v) is 25.8. The summed E-state index contributed by atoms with van der Waals surface area (Å²) >= 11 is 6.36. The van der Waals surface area contributed by atoms with E-state index in [2.05, 4.69) is 17.0 Å². The van der Waals surface area contributed by atoms with E-state index in [0.29, 0.717) is 38.4 Å². The van der Waals surface area contributed by atoms with E-state index in [-0.39, 0.29) is 28.9 Å². The van der Waals surface area contributed by atoms with Crippen LogP contribution in [0.1, 0.15) is 66.4 Å². The number of halogens is 1. The monoisotopic (exact) mass is 629 g/mol. The third-order valence-electron chi connectivity index (χ3n) is 10.0. The number of benzene rings is 2. The van der Waals surface area contributed by atoms with E-state index < -0.39 is 22.3 Å². The molecule has 9 nitrogen and oxygen atoms in total. The molecule has 1 unspecified atom stereocenters. The first-order valence-corrected chi connectivity index (χ1v) is 17.1. The average Bonchev–Trinajstić information content (AvgIpc) is 3.37. The summed E-state index contributed by atoms with van der Waals surface area (Å²) in [6, 6.07) is 11.0. The minimum Gasteiger partial charge on any atom is -0.490 e. The Balaban J connectivity index is 1.22. The number of nitrogens with zero attached hydrogens (tertiary/aromatic N) is 2. The number of carboxylic acids is 1. The number of hydrogen-bond acceptors (Lipinski definition) is 6. The molecule has 1 saturated carbocycles. The van der Waals surface area contributed by atoms with Crippen molar-refractivity contribution in [3.8, 4) is 5.75 Å². The van der Waals surface area contributed by atoms with E-state index in [1.54, 1.807) is 24.3 Å². The lowest BCUT2D eigenvalue weighted by atomic mass is 9.68. The normalized spacial score (nSPS) is 28.2. The van der Waals surface area contributed by atoms with Crippen LogP contribution in [0, 0.1) is 11.8 Å². The van der Waals surface area contributed by atoms with E-state index in [4.69, 9.17) is 21.5 Å². The van der Waals surface area contributed by atoms with E-state index in [0.717, 1.165) is 55.7 Å². The van der Waals surface area contributed by atoms with Crippen molar-refractivity contribution in [2.75, 3.05) is 31.1 Å². The number of fused-ring (bicyclic) bond motifs is 3. The van der Waals surface area contributed by atoms with Crippen LogP contribution in [0.25, 0.3) is 0 Å². The number of carboxylic acid groups (broad SMARTS) is 1. The Morgan fingerprint density at radius 2 is 2.02 bits per heavy atom. The topological polar surface area (TPSA) is 133 Å². The molecule has 5 atom stereocenters. The fraction of sp³-hybridized carbons (Fsp3) is 0.531. The van der Waals surface area contributed by atoms with Crippen LogP contribution in [0.5, 0.6) is 5.75 Å². The van der Waals surface area contributed by atoms with Crippen molar-refractivity contribution < 1.29 is 28.2 Å². The Morgan fingerprint density at radius 3 is 2.77 bits per heavy atom. The molecule has 2 heterocycles. The van der Waals surface area contributed by atoms with Gasteiger partial charge in [0, 0.05) is 36.1 Å². The van der Waals surface area contributed by atoms with Gasteiger partial charge < -0.3 is 19.8 Å². The fourth-order valence-corrected chi connectivity index (χ4v) is 8.88. The van der Waals surface area contributed by atoms with Crippen LogP contribution in [0.3, 0.4) is 0 Å². The molecule has 0 amide bonds. The molecule has 0 bridgehead atoms. The molecular formula is C32H40ClN3O6S. The molecule has 2 aromatic rings. The summed E-state index contributed by atoms with van der Waals surface area (Å²) in [5, 5.41) is 27.0. The lowest BCUT2D eigenvalue weighted by Crippen LogP contribution is -2.49. The molecule has 0 aromatic heterocycles. The summed E-state index contributed by atoms with van der Waals surface area (Å²) in [5.41, 5.74) is 3.21. The molecule has 1 spiro atoms. The predicted octanol–water partition coefficient (Wildman–Crippen LogP) is 4.51. The van der Waals surface area contributed by atoms with Crippen molar-refractivity contribution in [2.24, 2.45) is 17.0 Å². The fourth-order valence-electron chi connectivity index (χ4n) is 7.70. The van der Waals surface area contributed by atoms with Gasteiger partial charge in [-0.05, 0) is 105 Å². The SMILES string of the molecule is NS(=O)(=O)N1CCC[C@@H]1C/C=C/C(O)[C@@H]1CC[C@H]1CN1C[C@@]2(CCCc3cc(Cl)ccc32)COc2ccc(C(=O)O)cc21. The Kier molecular flexibility index (Phi) is 8.52. The first-order chi connectivity index (χ1) is 20.5. The molecule has 2 fully saturated rings. The third kappa shape index (κ3) is 6.17. The largest absolute Gasteiger partial charge is 0.490 e. The molecule has 0 radical (unpaired) electrons. The van der Waals surface area contributed by atoms with Gasteiger partial charge in [0.15, 0.2) is 0 Å². The number of rotatable bonds is 8. The van der Waals surface area contributed by atoms with E-state index in [1.165, 1.54) is 15.4 Å². The Morgan fingerprint density at radius 1 is 1.19 bits per heavy atom. The number of carbonyl (C=O) groups is 1. The van der Waals surface area contributed by atoms with Gasteiger partial charge in [-0.1, -0.05) is 29.8 Å². The molecule has 11 heteroatoms. The van der Waals surface area contributed by atoms with Gasteiger partial charge in [0.1, 0.15) is 5.75 Å². The Bertz CT molecular complexity index is 1520. The van der Waals surface area contributed by atoms with Gasteiger partial charge in [0.05, 0.1) is 24.0 Å². The van der Waals surface area contributed by atoms with Crippen molar-refractivity contribution in [3.63, 3.8) is 0 Å². The lowest BCUT2D eigenvalue weighted by Gasteiger charge is -2.45. The number of anilines is 1. The van der Waals surface area contributed by atoms with Crippen LogP contribution >= 0.6 is 11.6 Å². The molecule has 1 saturated heterocycles. The first-order valence-electron chi connectivity index (χ1n) is 15.2. The van der Waals surface area contributed by atoms with Crippen LogP contribution < -0.4 is 14.8 Å². The van der Waals surface area contributed by atoms with Crippen molar-refractivity contribution >= 4 is 33.5 Å². The number of hydrogen-bond donors (Lipinski definition) is 3. The number of aliphatic hydroxyl groups excluding tert-OH is 1. The van der Waals surface area contributed by atoms with E-state index in [9.17, 15) is 23.4 Å². The second kappa shape index (κ2) is 12.0. The van der Waals surface area contributed by atoms with Crippen LogP contribution in [-0.4, -0.2) is 67.3 Å². The highest BCUT2D eigenvalue weighted by atomic mass is 35.5. The standard InChI is InChI=1S/C32H40ClN3O6S/c33-24-10-12-27-21(16-24)4-2-14-32(27)19-35(28-17-22(31(38)39)9-13-30(28)42-20-32)18-23-8-11-26(23)29(37)7-1-5-25-6-3-15-36(25)43(34,40)41/h1,7,9-10,12-13,16-17,23,25-26,29,37H,2-6,8,11,14-15,18-20H2,(H,38,39)(H2,34,40,41)/b7-1+/t23-,25-,26+,29?,32-/m0/s1. The van der Waals surface area contributed by atoms with Crippen molar-refractivity contribution in [2.45, 2.75) is 68.9 Å². The summed E-state index contributed by atoms with van der Waals surface area (Å²) in [7, 11) is -3.73. The molecule has 4 aliphatic rings. The van der Waals surface area contributed by atoms with Crippen LogP contribution in [-0.2, 0) is 22.0 Å². The molecule has 4 N–H and O–H groups in total. The van der Waals surface area contributed by atoms with Gasteiger partial charge in [0.25, 0.3) is 10.2 Å². The third-order valence-corrected chi connectivity index (χ3v) is 11.4. The van der Waals surface area contributed by atoms with Gasteiger partial charge in [0.2, 0.25) is 0 Å². The Labute approximate surface area is 258 Å². The van der Waals surface area contributed by atoms with Crippen LogP contribution in [0.15, 0.2) is 48.6 Å². The highest BCUT2D eigenvalue weighted by Gasteiger charge is 2.44. The van der Waals surface area contributed by atoms with Crippen molar-refractivity contribution in [3.05, 3.63) is 70.3 Å². The molecule has 43 heavy (non-hydrogen) atoms. The number of aromatic carboxylic acids is 1. The number of aliphatic hydroxyl groups is 1. The van der Waals surface area contributed by atoms with Gasteiger partial charge in [-0.15, -0.1) is 0 Å². The maximum atomic E-state index is 11.9. The smallest absolute Gasteiger partial charge is 0.335 e. The zero-order valence-electron chi connectivity index (χ0n) is 24.2. The summed E-state index contributed by atoms with van der Waals surface area (Å²) in [4.78, 5) is 14.2. The predicted molar refractivity (Wildman–Crippen MR) is 166 cm³/mol. The van der Waals surface area contributed by atoms with Gasteiger partial charge in [-0.3, -0.25) is 0 Å². The summed E-state index contributed by atoms with van der Waals surface area (Å²) in [5.74, 6) is -0.0466. The molecule has 6 rings (SSSR count). The Hall–Kier alpha value is -2.63. The van der Waals surface area contributed by atoms with Gasteiger partial charge >= 0.3 is 5.97 Å². The molecule has 2 aliphatic carbocycles. The van der Waals surface area contributed by atoms with E-state index >= 15 is 0 Å².